The van der Waals surface area contributed by atoms with Crippen LogP contribution in [0.1, 0.15) is 29.2 Å². The van der Waals surface area contributed by atoms with Crippen LogP contribution in [0.25, 0.3) is 22.3 Å². The van der Waals surface area contributed by atoms with Crippen LogP contribution >= 0.6 is 0 Å². The topological polar surface area (TPSA) is 137 Å². The van der Waals surface area contributed by atoms with E-state index in [4.69, 9.17) is 0 Å². The van der Waals surface area contributed by atoms with Gasteiger partial charge in [-0.15, -0.1) is 10.2 Å². The molecule has 4 aromatic heterocycles. The van der Waals surface area contributed by atoms with Crippen molar-refractivity contribution in [3.63, 3.8) is 0 Å². The van der Waals surface area contributed by atoms with Crippen LogP contribution in [0, 0.1) is 11.6 Å². The number of hydrogen-bond donors (Lipinski definition) is 2. The van der Waals surface area contributed by atoms with Crippen molar-refractivity contribution in [1.29, 1.82) is 0 Å². The van der Waals surface area contributed by atoms with E-state index in [9.17, 15) is 35.1 Å². The Balaban J connectivity index is 1.19. The monoisotopic (exact) mass is 664 g/mol. The van der Waals surface area contributed by atoms with Crippen LogP contribution in [0.4, 0.5) is 46.8 Å². The summed E-state index contributed by atoms with van der Waals surface area (Å²) in [6.07, 6.45) is -9.73. The van der Waals surface area contributed by atoms with Gasteiger partial charge in [-0.05, 0) is 18.6 Å². The Bertz CT molecular complexity index is 1910. The van der Waals surface area contributed by atoms with Crippen LogP contribution in [0.15, 0.2) is 48.5 Å². The second kappa shape index (κ2) is 12.3. The third-order valence-electron chi connectivity index (χ3n) is 6.73. The first-order valence-corrected chi connectivity index (χ1v) is 13.7. The summed E-state index contributed by atoms with van der Waals surface area (Å²) in [5.74, 6) is -4.76. The lowest BCUT2D eigenvalue weighted by Gasteiger charge is -2.12. The zero-order valence-corrected chi connectivity index (χ0v) is 23.7. The Hall–Kier alpha value is -5.56. The van der Waals surface area contributed by atoms with Gasteiger partial charge in [-0.1, -0.05) is 46.8 Å². The summed E-state index contributed by atoms with van der Waals surface area (Å²) in [4.78, 5) is 14.2. The van der Waals surface area contributed by atoms with Crippen LogP contribution in [0.5, 0.6) is 0 Å². The fourth-order valence-electron chi connectivity index (χ4n) is 4.50. The van der Waals surface area contributed by atoms with E-state index in [1.807, 2.05) is 0 Å². The van der Waals surface area contributed by atoms with Gasteiger partial charge in [0, 0.05) is 24.2 Å². The lowest BCUT2D eigenvalue weighted by atomic mass is 10.2. The molecule has 2 N–H and O–H groups in total. The number of fused-ring (bicyclic) bond motifs is 2. The molecule has 47 heavy (non-hydrogen) atoms. The predicted molar refractivity (Wildman–Crippen MR) is 149 cm³/mol. The smallest absolute Gasteiger partial charge is 0.368 e. The van der Waals surface area contributed by atoms with Crippen molar-refractivity contribution in [3.8, 4) is 0 Å². The summed E-state index contributed by atoms with van der Waals surface area (Å²) in [5.41, 5.74) is -0.517. The molecule has 0 unspecified atom stereocenters. The summed E-state index contributed by atoms with van der Waals surface area (Å²) in [6.45, 7) is -0.564. The number of hydrogen-bond acceptors (Lipinski definition) is 10. The number of nitrogens with one attached hydrogen (secondary N) is 2. The van der Waals surface area contributed by atoms with E-state index in [1.54, 1.807) is 12.1 Å². The molecule has 0 fully saturated rings. The van der Waals surface area contributed by atoms with Gasteiger partial charge in [0.05, 0.1) is 13.1 Å². The van der Waals surface area contributed by atoms with E-state index >= 15 is 0 Å². The largest absolute Gasteiger partial charge is 0.451 e. The molecule has 0 aliphatic rings. The van der Waals surface area contributed by atoms with E-state index in [-0.39, 0.29) is 77.7 Å². The number of nitrogens with zero attached hydrogens (tertiary/aromatic N) is 10. The van der Waals surface area contributed by atoms with Crippen molar-refractivity contribution in [1.82, 2.24) is 49.9 Å². The molecule has 20 heteroatoms. The summed E-state index contributed by atoms with van der Waals surface area (Å²) in [7, 11) is 0. The lowest BCUT2D eigenvalue weighted by molar-refractivity contribution is -0.145. The second-order valence-electron chi connectivity index (χ2n) is 10.0. The fourth-order valence-corrected chi connectivity index (χ4v) is 4.50. The maximum absolute atomic E-state index is 14.2. The van der Waals surface area contributed by atoms with Crippen LogP contribution < -0.4 is 10.6 Å². The lowest BCUT2D eigenvalue weighted by Crippen LogP contribution is -2.17. The van der Waals surface area contributed by atoms with Gasteiger partial charge < -0.3 is 10.6 Å². The maximum Gasteiger partial charge on any atom is 0.451 e. The van der Waals surface area contributed by atoms with Crippen LogP contribution in [-0.2, 0) is 25.4 Å². The van der Waals surface area contributed by atoms with Crippen molar-refractivity contribution < 1.29 is 35.1 Å². The quantitative estimate of drug-likeness (QED) is 0.151. The highest BCUT2D eigenvalue weighted by Crippen LogP contribution is 2.31. The minimum Gasteiger partial charge on any atom is -0.368 e. The minimum atomic E-state index is -4.93. The highest BCUT2D eigenvalue weighted by Gasteiger charge is 2.37. The first-order chi connectivity index (χ1) is 22.4. The number of alkyl halides is 6. The third kappa shape index (κ3) is 6.70. The summed E-state index contributed by atoms with van der Waals surface area (Å²) >= 11 is 0. The fraction of sp³-hybridized carbons (Fsp3) is 0.259. The van der Waals surface area contributed by atoms with Gasteiger partial charge in [0.15, 0.2) is 34.0 Å². The normalized spacial score (nSPS) is 12.3. The molecule has 0 atom stereocenters. The molecule has 6 aromatic rings. The molecular formula is C27H20F8N12. The molecule has 244 valence electrons. The van der Waals surface area contributed by atoms with Gasteiger partial charge in [0.25, 0.3) is 0 Å². The van der Waals surface area contributed by atoms with Crippen molar-refractivity contribution in [2.45, 2.75) is 31.9 Å². The number of aromatic nitrogens is 10. The highest BCUT2D eigenvalue weighted by molar-refractivity contribution is 5.83. The molecule has 0 saturated carbocycles. The number of benzene rings is 2. The average Bonchev–Trinajstić information content (AvgIpc) is 3.62. The van der Waals surface area contributed by atoms with E-state index < -0.39 is 35.6 Å². The molecular weight excluding hydrogens is 644 g/mol. The first-order valence-electron chi connectivity index (χ1n) is 13.7. The Morgan fingerprint density at radius 1 is 0.574 bits per heavy atom. The Labute approximate surface area is 257 Å². The summed E-state index contributed by atoms with van der Waals surface area (Å²) < 4.78 is 112. The molecule has 0 radical (unpaired) electrons. The number of anilines is 2. The minimum absolute atomic E-state index is 0.0308. The van der Waals surface area contributed by atoms with Gasteiger partial charge in [-0.25, -0.2) is 38.1 Å². The van der Waals surface area contributed by atoms with Crippen LogP contribution in [0.2, 0.25) is 0 Å². The standard InChI is InChI=1S/C27H20F8N12/c28-16-8-3-1-6-14(16)12-46-22-18(42-44-46)20(38-24(40-22)26(30,31)32)36-10-5-11-37-21-19-23(41-25(39-21)27(33,34)35)47(45-43-19)13-15-7-2-4-9-17(15)29/h1-4,6-9H,5,10-13H2,(H,36,38,40)(H,37,39,41). The molecule has 12 nitrogen and oxygen atoms in total. The predicted octanol–water partition coefficient (Wildman–Crippen LogP) is 5.08. The third-order valence-corrected chi connectivity index (χ3v) is 6.73. The maximum atomic E-state index is 14.2. The van der Waals surface area contributed by atoms with E-state index in [1.165, 1.54) is 36.4 Å². The van der Waals surface area contributed by atoms with E-state index in [0.29, 0.717) is 0 Å². The Kier molecular flexibility index (Phi) is 8.24. The van der Waals surface area contributed by atoms with E-state index in [2.05, 4.69) is 51.2 Å². The molecule has 0 saturated heterocycles. The second-order valence-corrected chi connectivity index (χ2v) is 10.0. The highest BCUT2D eigenvalue weighted by atomic mass is 19.4. The average molecular weight is 665 g/mol. The Morgan fingerprint density at radius 2 is 0.979 bits per heavy atom. The van der Waals surface area contributed by atoms with E-state index in [0.717, 1.165) is 9.36 Å². The molecule has 4 heterocycles. The molecule has 6 rings (SSSR count). The zero-order valence-electron chi connectivity index (χ0n) is 23.7. The molecule has 0 aliphatic carbocycles. The molecule has 0 amide bonds. The van der Waals surface area contributed by atoms with Gasteiger partial charge in [-0.3, -0.25) is 0 Å². The number of rotatable bonds is 10. The van der Waals surface area contributed by atoms with Gasteiger partial charge in [-0.2, -0.15) is 26.3 Å². The molecule has 0 spiro atoms. The van der Waals surface area contributed by atoms with Gasteiger partial charge in [0.1, 0.15) is 11.6 Å². The summed E-state index contributed by atoms with van der Waals surface area (Å²) in [5, 5.41) is 20.8. The molecule has 0 bridgehead atoms. The van der Waals surface area contributed by atoms with Gasteiger partial charge >= 0.3 is 12.4 Å². The van der Waals surface area contributed by atoms with Crippen molar-refractivity contribution in [2.24, 2.45) is 0 Å². The van der Waals surface area contributed by atoms with Crippen LogP contribution in [0.3, 0.4) is 0 Å². The Morgan fingerprint density at radius 3 is 1.36 bits per heavy atom. The van der Waals surface area contributed by atoms with Crippen LogP contribution in [-0.4, -0.2) is 63.0 Å². The van der Waals surface area contributed by atoms with Crippen molar-refractivity contribution >= 4 is 34.0 Å². The van der Waals surface area contributed by atoms with Crippen molar-refractivity contribution in [3.05, 3.63) is 82.9 Å². The number of halogens is 8. The molecule has 0 aliphatic heterocycles. The SMILES string of the molecule is Fc1ccccc1Cn1nnc2c(NCCCNc3nc(C(F)(F)F)nc4c3nnn4Cc3ccccc3F)nc(C(F)(F)F)nc21. The molecule has 2 aromatic carbocycles. The first kappa shape index (κ1) is 31.4. The summed E-state index contributed by atoms with van der Waals surface area (Å²) in [6, 6.07) is 11.3. The zero-order chi connectivity index (χ0) is 33.3. The van der Waals surface area contributed by atoms with Crippen molar-refractivity contribution in [2.75, 3.05) is 23.7 Å². The van der Waals surface area contributed by atoms with Gasteiger partial charge in [0.2, 0.25) is 11.6 Å².